The topological polar surface area (TPSA) is 121 Å². The van der Waals surface area contributed by atoms with Crippen LogP contribution < -0.4 is 5.32 Å². The third-order valence-corrected chi connectivity index (χ3v) is 12.8. The maximum absolute atomic E-state index is 12.6. The average molecular weight is 803 g/mol. The van der Waals surface area contributed by atoms with Crippen LogP contribution in [0.3, 0.4) is 0 Å². The molecular weight excluding hydrogens is 741 g/mol. The Kier molecular flexibility index (Phi) is 13.8. The number of nitrogens with one attached hydrogen (secondary N) is 1. The number of amides is 2. The fourth-order valence-corrected chi connectivity index (χ4v) is 9.31. The predicted molar refractivity (Wildman–Crippen MR) is 233 cm³/mol. The standard InChI is InChI=1S/C14H17N3O.C13H15N3O.C13H17NO.C7H13NO/c1-16-9-8-12-14(10-16,13(18)17(2)15-12)11-6-4-3-5-7-11;1-16-12(17)13(10-5-3-2-4-6-10)9-14-8-7-11(13)15-16;1-13(11-6-4-3-5-7-11)10-14(2)9-8-12(13)15;1-6-5-8(2)4-3-7(6)9/h3-7H,8-10H2,1-2H3;2-6,14H,7-9H2,1H3;3-7H,8-10H2,1-2H3;6H,3-5H2,1-2H3. The van der Waals surface area contributed by atoms with Crippen LogP contribution in [0.4, 0.5) is 0 Å². The van der Waals surface area contributed by atoms with Crippen molar-refractivity contribution >= 4 is 34.8 Å². The summed E-state index contributed by atoms with van der Waals surface area (Å²) in [6.45, 7) is 10.9. The van der Waals surface area contributed by atoms with E-state index in [1.807, 2.05) is 85.8 Å². The van der Waals surface area contributed by atoms with Crippen LogP contribution in [0.5, 0.6) is 0 Å². The van der Waals surface area contributed by atoms with Gasteiger partial charge in [0.05, 0.1) is 16.8 Å². The summed E-state index contributed by atoms with van der Waals surface area (Å²) in [4.78, 5) is 54.6. The number of piperidine rings is 4. The second kappa shape index (κ2) is 18.6. The van der Waals surface area contributed by atoms with Gasteiger partial charge in [0.25, 0.3) is 11.8 Å². The highest BCUT2D eigenvalue weighted by molar-refractivity contribution is 6.18. The lowest BCUT2D eigenvalue weighted by Gasteiger charge is -2.37. The SMILES string of the molecule is CC1CN(C)CCC1=O.CN1CCC(=O)C(C)(c2ccccc2)C1.CN1CCC2=NN(C)C(=O)C2(c2ccccc2)C1.CN1N=C2CCNCC2(c2ccccc2)C1=O. The molecule has 6 heterocycles. The Morgan fingerprint density at radius 3 is 1.61 bits per heavy atom. The van der Waals surface area contributed by atoms with Crippen molar-refractivity contribution in [2.75, 3.05) is 87.6 Å². The minimum Gasteiger partial charge on any atom is -0.315 e. The van der Waals surface area contributed by atoms with Crippen molar-refractivity contribution in [3.8, 4) is 0 Å². The molecule has 59 heavy (non-hydrogen) atoms. The number of hydrazone groups is 2. The monoisotopic (exact) mass is 802 g/mol. The minimum atomic E-state index is -0.561. The number of carbonyl (C=O) groups excluding carboxylic acids is 4. The van der Waals surface area contributed by atoms with Crippen LogP contribution in [0.1, 0.15) is 56.2 Å². The summed E-state index contributed by atoms with van der Waals surface area (Å²) in [6, 6.07) is 30.1. The summed E-state index contributed by atoms with van der Waals surface area (Å²) < 4.78 is 0. The van der Waals surface area contributed by atoms with E-state index < -0.39 is 10.8 Å². The number of nitrogens with zero attached hydrogens (tertiary/aromatic N) is 7. The number of carbonyl (C=O) groups is 4. The van der Waals surface area contributed by atoms with Crippen molar-refractivity contribution in [1.82, 2.24) is 30.0 Å². The normalized spacial score (nSPS) is 28.5. The lowest BCUT2D eigenvalue weighted by atomic mass is 9.72. The van der Waals surface area contributed by atoms with E-state index in [-0.39, 0.29) is 23.1 Å². The van der Waals surface area contributed by atoms with Gasteiger partial charge in [-0.15, -0.1) is 0 Å². The highest BCUT2D eigenvalue weighted by Crippen LogP contribution is 2.38. The number of ketones is 2. The van der Waals surface area contributed by atoms with E-state index in [0.717, 1.165) is 93.2 Å². The fraction of sp³-hybridized carbons (Fsp3) is 0.489. The van der Waals surface area contributed by atoms with Crippen LogP contribution in [-0.2, 0) is 35.4 Å². The van der Waals surface area contributed by atoms with Crippen LogP contribution in [0, 0.1) is 5.92 Å². The van der Waals surface area contributed by atoms with Gasteiger partial charge in [0, 0.05) is 98.1 Å². The Balaban J connectivity index is 0.000000136. The number of fused-ring (bicyclic) bond motifs is 2. The Morgan fingerprint density at radius 2 is 1.05 bits per heavy atom. The maximum Gasteiger partial charge on any atom is 0.260 e. The van der Waals surface area contributed by atoms with Gasteiger partial charge in [0.1, 0.15) is 22.4 Å². The number of likely N-dealkylation sites (N-methyl/N-ethyl adjacent to an activating group) is 4. The molecule has 3 aromatic rings. The zero-order valence-electron chi connectivity index (χ0n) is 36.0. The molecule has 2 amide bonds. The van der Waals surface area contributed by atoms with Crippen LogP contribution in [0.25, 0.3) is 0 Å². The molecule has 3 aromatic carbocycles. The van der Waals surface area contributed by atoms with Crippen molar-refractivity contribution in [2.45, 2.75) is 55.8 Å². The summed E-state index contributed by atoms with van der Waals surface area (Å²) in [6.07, 6.45) is 3.12. The van der Waals surface area contributed by atoms with Crippen LogP contribution >= 0.6 is 0 Å². The summed E-state index contributed by atoms with van der Waals surface area (Å²) in [7, 11) is 9.68. The lowest BCUT2D eigenvalue weighted by molar-refractivity contribution is -0.133. The average Bonchev–Trinajstić information content (AvgIpc) is 3.67. The third kappa shape index (κ3) is 9.01. The first-order valence-electron chi connectivity index (χ1n) is 20.9. The quantitative estimate of drug-likeness (QED) is 0.419. The maximum atomic E-state index is 12.6. The van der Waals surface area contributed by atoms with E-state index in [4.69, 9.17) is 0 Å². The summed E-state index contributed by atoms with van der Waals surface area (Å²) >= 11 is 0. The molecule has 0 bridgehead atoms. The summed E-state index contributed by atoms with van der Waals surface area (Å²) in [5.74, 6) is 1.23. The van der Waals surface area contributed by atoms with Crippen LogP contribution in [-0.4, -0.2) is 147 Å². The molecule has 6 aliphatic rings. The van der Waals surface area contributed by atoms with E-state index in [1.54, 1.807) is 14.1 Å². The molecule has 12 heteroatoms. The van der Waals surface area contributed by atoms with Gasteiger partial charge in [0.15, 0.2) is 0 Å². The molecule has 0 aromatic heterocycles. The Hall–Kier alpha value is -4.88. The first kappa shape index (κ1) is 43.7. The van der Waals surface area contributed by atoms with Crippen LogP contribution in [0.2, 0.25) is 0 Å². The second-order valence-corrected chi connectivity index (χ2v) is 17.2. The number of rotatable bonds is 3. The number of hydrogen-bond donors (Lipinski definition) is 1. The number of hydrogen-bond acceptors (Lipinski definition) is 10. The molecule has 0 saturated carbocycles. The largest absolute Gasteiger partial charge is 0.315 e. The van der Waals surface area contributed by atoms with E-state index in [1.165, 1.54) is 10.0 Å². The molecule has 4 saturated heterocycles. The van der Waals surface area contributed by atoms with Gasteiger partial charge in [-0.1, -0.05) is 97.9 Å². The minimum absolute atomic E-state index is 0.0749. The van der Waals surface area contributed by atoms with Crippen molar-refractivity contribution in [2.24, 2.45) is 16.1 Å². The van der Waals surface area contributed by atoms with Gasteiger partial charge in [-0.05, 0) is 44.8 Å². The molecule has 9 rings (SSSR count). The number of benzene rings is 3. The summed E-state index contributed by atoms with van der Waals surface area (Å²) in [5, 5.41) is 15.1. The van der Waals surface area contributed by atoms with E-state index in [9.17, 15) is 19.2 Å². The van der Waals surface area contributed by atoms with E-state index in [2.05, 4.69) is 70.4 Å². The highest BCUT2D eigenvalue weighted by atomic mass is 16.2. The third-order valence-electron chi connectivity index (χ3n) is 12.8. The molecule has 0 radical (unpaired) electrons. The molecule has 0 spiro atoms. The van der Waals surface area contributed by atoms with E-state index >= 15 is 0 Å². The molecular formula is C47H62N8O4. The van der Waals surface area contributed by atoms with Crippen molar-refractivity contribution < 1.29 is 19.2 Å². The van der Waals surface area contributed by atoms with Gasteiger partial charge in [0.2, 0.25) is 0 Å². The predicted octanol–water partition coefficient (Wildman–Crippen LogP) is 4.21. The molecule has 314 valence electrons. The van der Waals surface area contributed by atoms with Gasteiger partial charge in [-0.2, -0.15) is 10.2 Å². The summed E-state index contributed by atoms with van der Waals surface area (Å²) in [5.41, 5.74) is 3.83. The molecule has 12 nitrogen and oxygen atoms in total. The zero-order chi connectivity index (χ0) is 42.4. The van der Waals surface area contributed by atoms with Gasteiger partial charge in [-0.3, -0.25) is 19.2 Å². The van der Waals surface area contributed by atoms with Crippen LogP contribution in [0.15, 0.2) is 101 Å². The molecule has 4 unspecified atom stereocenters. The molecule has 4 atom stereocenters. The van der Waals surface area contributed by atoms with E-state index in [0.29, 0.717) is 24.5 Å². The Labute approximate surface area is 350 Å². The lowest BCUT2D eigenvalue weighted by Crippen LogP contribution is -2.54. The van der Waals surface area contributed by atoms with Gasteiger partial charge < -0.3 is 20.0 Å². The number of Topliss-reactive ketones (excluding diaryl/α,β-unsaturated/α-hetero) is 2. The van der Waals surface area contributed by atoms with Crippen molar-refractivity contribution in [3.05, 3.63) is 108 Å². The molecule has 6 aliphatic heterocycles. The zero-order valence-corrected chi connectivity index (χ0v) is 36.0. The van der Waals surface area contributed by atoms with Gasteiger partial charge in [-0.25, -0.2) is 10.0 Å². The molecule has 0 aliphatic carbocycles. The molecule has 1 N–H and O–H groups in total. The highest BCUT2D eigenvalue weighted by Gasteiger charge is 2.54. The number of likely N-dealkylation sites (tertiary alicyclic amines) is 3. The Bertz CT molecular complexity index is 2030. The fourth-order valence-electron chi connectivity index (χ4n) is 9.31. The van der Waals surface area contributed by atoms with Crippen molar-refractivity contribution in [1.29, 1.82) is 0 Å². The Morgan fingerprint density at radius 1 is 0.576 bits per heavy atom. The first-order valence-corrected chi connectivity index (χ1v) is 20.9. The van der Waals surface area contributed by atoms with Gasteiger partial charge >= 0.3 is 0 Å². The molecule has 4 fully saturated rings. The first-order chi connectivity index (χ1) is 28.2. The van der Waals surface area contributed by atoms with Crippen molar-refractivity contribution in [3.63, 3.8) is 0 Å². The smallest absolute Gasteiger partial charge is 0.260 e. The second-order valence-electron chi connectivity index (χ2n) is 17.2.